The lowest BCUT2D eigenvalue weighted by Gasteiger charge is -2.09. The van der Waals surface area contributed by atoms with E-state index in [2.05, 4.69) is 25.8 Å². The lowest BCUT2D eigenvalue weighted by atomic mass is 10.1. The van der Waals surface area contributed by atoms with Crippen LogP contribution in [0.1, 0.15) is 21.8 Å². The van der Waals surface area contributed by atoms with E-state index in [1.54, 1.807) is 20.1 Å². The number of nitrogens with one attached hydrogen (secondary N) is 2. The van der Waals surface area contributed by atoms with Gasteiger partial charge in [0.25, 0.3) is 5.91 Å². The van der Waals surface area contributed by atoms with Crippen LogP contribution in [0.2, 0.25) is 0 Å². The molecule has 26 heavy (non-hydrogen) atoms. The molecule has 2 aromatic heterocycles. The van der Waals surface area contributed by atoms with E-state index in [1.165, 1.54) is 12.4 Å². The first-order valence-electron chi connectivity index (χ1n) is 8.08. The molecule has 0 unspecified atom stereocenters. The Balaban J connectivity index is 1.53. The zero-order chi connectivity index (χ0) is 18.4. The molecule has 1 amide bonds. The summed E-state index contributed by atoms with van der Waals surface area (Å²) in [5, 5.41) is 9.58. The summed E-state index contributed by atoms with van der Waals surface area (Å²) in [6.45, 7) is 2.27. The molecule has 3 rings (SSSR count). The van der Waals surface area contributed by atoms with E-state index < -0.39 is 0 Å². The summed E-state index contributed by atoms with van der Waals surface area (Å²) in [6, 6.07) is 9.45. The topological polar surface area (TPSA) is 102 Å². The number of anilines is 2. The fraction of sp³-hybridized carbons (Fsp3) is 0.222. The molecule has 0 aliphatic carbocycles. The number of amides is 1. The standard InChI is InChI=1S/C18H19N5O3/c1-12-9-16(23-26-12)22-17-11-20-14(10-21-17)18(24)19-8-7-13-5-3-4-6-15(13)25-2/h3-6,9-11H,7-8H2,1-2H3,(H,19,24)(H,21,22,23). The number of aromatic nitrogens is 3. The zero-order valence-electron chi connectivity index (χ0n) is 14.5. The van der Waals surface area contributed by atoms with Crippen molar-refractivity contribution < 1.29 is 14.1 Å². The van der Waals surface area contributed by atoms with E-state index in [-0.39, 0.29) is 11.6 Å². The minimum absolute atomic E-state index is 0.243. The van der Waals surface area contributed by atoms with Gasteiger partial charge in [0.1, 0.15) is 23.0 Å². The highest BCUT2D eigenvalue weighted by atomic mass is 16.5. The van der Waals surface area contributed by atoms with Gasteiger partial charge in [-0.2, -0.15) is 0 Å². The highest BCUT2D eigenvalue weighted by Gasteiger charge is 2.09. The third-order valence-electron chi connectivity index (χ3n) is 3.64. The quantitative estimate of drug-likeness (QED) is 0.673. The van der Waals surface area contributed by atoms with E-state index in [0.29, 0.717) is 30.4 Å². The van der Waals surface area contributed by atoms with Gasteiger partial charge in [-0.15, -0.1) is 0 Å². The molecule has 0 aliphatic rings. The number of carbonyl (C=O) groups excluding carboxylic acids is 1. The van der Waals surface area contributed by atoms with Crippen molar-refractivity contribution in [3.63, 3.8) is 0 Å². The molecule has 3 aromatic rings. The summed E-state index contributed by atoms with van der Waals surface area (Å²) < 4.78 is 10.3. The SMILES string of the molecule is COc1ccccc1CCNC(=O)c1cnc(Nc2cc(C)on2)cn1. The molecule has 0 radical (unpaired) electrons. The van der Waals surface area contributed by atoms with Gasteiger partial charge < -0.3 is 19.9 Å². The number of nitrogens with zero attached hydrogens (tertiary/aromatic N) is 3. The lowest BCUT2D eigenvalue weighted by Crippen LogP contribution is -2.26. The Hall–Kier alpha value is -3.42. The Morgan fingerprint density at radius 3 is 2.73 bits per heavy atom. The van der Waals surface area contributed by atoms with Crippen LogP contribution < -0.4 is 15.4 Å². The largest absolute Gasteiger partial charge is 0.496 e. The Bertz CT molecular complexity index is 877. The second-order valence-electron chi connectivity index (χ2n) is 5.55. The van der Waals surface area contributed by atoms with E-state index in [9.17, 15) is 4.79 Å². The van der Waals surface area contributed by atoms with E-state index in [1.807, 2.05) is 24.3 Å². The molecule has 0 atom stereocenters. The van der Waals surface area contributed by atoms with E-state index in [4.69, 9.17) is 9.26 Å². The van der Waals surface area contributed by atoms with Crippen molar-refractivity contribution in [3.8, 4) is 5.75 Å². The van der Waals surface area contributed by atoms with Gasteiger partial charge in [0, 0.05) is 12.6 Å². The normalized spacial score (nSPS) is 10.4. The van der Waals surface area contributed by atoms with Crippen molar-refractivity contribution >= 4 is 17.5 Å². The average molecular weight is 353 g/mol. The van der Waals surface area contributed by atoms with Crippen molar-refractivity contribution in [3.05, 3.63) is 59.7 Å². The van der Waals surface area contributed by atoms with Crippen molar-refractivity contribution in [2.45, 2.75) is 13.3 Å². The average Bonchev–Trinajstić information content (AvgIpc) is 3.07. The molecule has 0 spiro atoms. The number of ether oxygens (including phenoxy) is 1. The molecule has 0 saturated heterocycles. The maximum absolute atomic E-state index is 12.2. The van der Waals surface area contributed by atoms with Crippen LogP contribution in [0.5, 0.6) is 5.75 Å². The summed E-state index contributed by atoms with van der Waals surface area (Å²) in [4.78, 5) is 20.5. The highest BCUT2D eigenvalue weighted by Crippen LogP contribution is 2.17. The van der Waals surface area contributed by atoms with Crippen LogP contribution in [0.25, 0.3) is 0 Å². The number of carbonyl (C=O) groups is 1. The van der Waals surface area contributed by atoms with Crippen molar-refractivity contribution in [2.75, 3.05) is 19.0 Å². The number of hydrogen-bond donors (Lipinski definition) is 2. The number of aryl methyl sites for hydroxylation is 1. The molecular weight excluding hydrogens is 334 g/mol. The van der Waals surface area contributed by atoms with Gasteiger partial charge in [-0.1, -0.05) is 23.4 Å². The summed E-state index contributed by atoms with van der Waals surface area (Å²) in [7, 11) is 1.63. The molecule has 2 heterocycles. The fourth-order valence-corrected chi connectivity index (χ4v) is 2.38. The highest BCUT2D eigenvalue weighted by molar-refractivity contribution is 5.92. The van der Waals surface area contributed by atoms with Gasteiger partial charge in [0.2, 0.25) is 0 Å². The van der Waals surface area contributed by atoms with Crippen molar-refractivity contribution in [1.82, 2.24) is 20.4 Å². The minimum atomic E-state index is -0.281. The maximum atomic E-state index is 12.2. The van der Waals surface area contributed by atoms with Crippen molar-refractivity contribution in [2.24, 2.45) is 0 Å². The first-order chi connectivity index (χ1) is 12.7. The van der Waals surface area contributed by atoms with Gasteiger partial charge in [0.05, 0.1) is 19.5 Å². The molecule has 8 nitrogen and oxygen atoms in total. The van der Waals surface area contributed by atoms with Crippen LogP contribution >= 0.6 is 0 Å². The molecule has 0 aliphatic heterocycles. The predicted octanol–water partition coefficient (Wildman–Crippen LogP) is 2.50. The first-order valence-corrected chi connectivity index (χ1v) is 8.08. The number of hydrogen-bond acceptors (Lipinski definition) is 7. The molecule has 2 N–H and O–H groups in total. The van der Waals surface area contributed by atoms with Gasteiger partial charge >= 0.3 is 0 Å². The van der Waals surface area contributed by atoms with Crippen LogP contribution in [-0.2, 0) is 6.42 Å². The fourth-order valence-electron chi connectivity index (χ4n) is 2.38. The smallest absolute Gasteiger partial charge is 0.271 e. The maximum Gasteiger partial charge on any atom is 0.271 e. The first kappa shape index (κ1) is 17.4. The number of rotatable bonds is 7. The second kappa shape index (κ2) is 8.11. The Kier molecular flexibility index (Phi) is 5.43. The summed E-state index contributed by atoms with van der Waals surface area (Å²) >= 11 is 0. The molecule has 0 saturated carbocycles. The molecule has 1 aromatic carbocycles. The Morgan fingerprint density at radius 2 is 2.04 bits per heavy atom. The third-order valence-corrected chi connectivity index (χ3v) is 3.64. The summed E-state index contributed by atoms with van der Waals surface area (Å²) in [5.41, 5.74) is 1.27. The number of para-hydroxylation sites is 1. The second-order valence-corrected chi connectivity index (χ2v) is 5.55. The molecule has 0 bridgehead atoms. The molecule has 0 fully saturated rings. The molecular formula is C18H19N5O3. The lowest BCUT2D eigenvalue weighted by molar-refractivity contribution is 0.0948. The monoisotopic (exact) mass is 353 g/mol. The summed E-state index contributed by atoms with van der Waals surface area (Å²) in [6.07, 6.45) is 3.54. The number of methoxy groups -OCH3 is 1. The Labute approximate surface area is 150 Å². The van der Waals surface area contributed by atoms with Gasteiger partial charge in [-0.25, -0.2) is 9.97 Å². The van der Waals surface area contributed by atoms with Crippen LogP contribution in [-0.4, -0.2) is 34.7 Å². The van der Waals surface area contributed by atoms with Gasteiger partial charge in [0.15, 0.2) is 5.82 Å². The Morgan fingerprint density at radius 1 is 1.19 bits per heavy atom. The van der Waals surface area contributed by atoms with Crippen LogP contribution in [0.4, 0.5) is 11.6 Å². The molecule has 134 valence electrons. The predicted molar refractivity (Wildman–Crippen MR) is 95.6 cm³/mol. The van der Waals surface area contributed by atoms with Crippen molar-refractivity contribution in [1.29, 1.82) is 0 Å². The van der Waals surface area contributed by atoms with Crippen LogP contribution in [0.3, 0.4) is 0 Å². The van der Waals surface area contributed by atoms with E-state index in [0.717, 1.165) is 11.3 Å². The minimum Gasteiger partial charge on any atom is -0.496 e. The third kappa shape index (κ3) is 4.35. The number of benzene rings is 1. The van der Waals surface area contributed by atoms with Crippen LogP contribution in [0.15, 0.2) is 47.2 Å². The van der Waals surface area contributed by atoms with Crippen LogP contribution in [0, 0.1) is 6.92 Å². The summed E-state index contributed by atoms with van der Waals surface area (Å²) in [5.74, 6) is 2.22. The van der Waals surface area contributed by atoms with E-state index >= 15 is 0 Å². The molecule has 8 heteroatoms. The van der Waals surface area contributed by atoms with Gasteiger partial charge in [-0.05, 0) is 25.0 Å². The zero-order valence-corrected chi connectivity index (χ0v) is 14.5. The van der Waals surface area contributed by atoms with Gasteiger partial charge in [-0.3, -0.25) is 4.79 Å².